The molecular formula is C16H19N5O3. The first kappa shape index (κ1) is 16.0. The van der Waals surface area contributed by atoms with Crippen LogP contribution in [0, 0.1) is 6.92 Å². The molecule has 1 heterocycles. The number of ether oxygens (including phenoxy) is 1. The Hall–Kier alpha value is -2.90. The van der Waals surface area contributed by atoms with E-state index in [2.05, 4.69) is 26.2 Å². The fourth-order valence-electron chi connectivity index (χ4n) is 2.33. The van der Waals surface area contributed by atoms with E-state index in [-0.39, 0.29) is 6.61 Å². The van der Waals surface area contributed by atoms with E-state index in [0.29, 0.717) is 11.7 Å². The van der Waals surface area contributed by atoms with E-state index in [1.807, 2.05) is 31.2 Å². The Morgan fingerprint density at radius 3 is 2.92 bits per heavy atom. The molecule has 0 bridgehead atoms. The summed E-state index contributed by atoms with van der Waals surface area (Å²) in [5.41, 5.74) is 4.02. The van der Waals surface area contributed by atoms with E-state index in [0.717, 1.165) is 35.5 Å². The van der Waals surface area contributed by atoms with Crippen molar-refractivity contribution in [2.45, 2.75) is 32.3 Å². The highest BCUT2D eigenvalue weighted by Gasteiger charge is 2.33. The van der Waals surface area contributed by atoms with Gasteiger partial charge in [0.1, 0.15) is 18.1 Å². The average Bonchev–Trinajstić information content (AvgIpc) is 3.35. The third-order valence-corrected chi connectivity index (χ3v) is 3.72. The third-order valence-electron chi connectivity index (χ3n) is 3.72. The van der Waals surface area contributed by atoms with Gasteiger partial charge in [0.25, 0.3) is 0 Å². The molecule has 1 fully saturated rings. The summed E-state index contributed by atoms with van der Waals surface area (Å²) in [7, 11) is 1.46. The van der Waals surface area contributed by atoms with Crippen molar-refractivity contribution in [3.05, 3.63) is 41.2 Å². The maximum Gasteiger partial charge on any atom is 0.342 e. The number of anilines is 1. The van der Waals surface area contributed by atoms with Crippen LogP contribution in [0.3, 0.4) is 0 Å². The van der Waals surface area contributed by atoms with Crippen LogP contribution in [0.25, 0.3) is 0 Å². The molecule has 2 N–H and O–H groups in total. The van der Waals surface area contributed by atoms with Crippen molar-refractivity contribution in [3.63, 3.8) is 0 Å². The minimum Gasteiger partial charge on any atom is -0.488 e. The molecule has 1 aromatic heterocycles. The molecule has 8 heteroatoms. The first-order valence-electron chi connectivity index (χ1n) is 7.71. The van der Waals surface area contributed by atoms with E-state index < -0.39 is 6.03 Å². The van der Waals surface area contributed by atoms with Crippen molar-refractivity contribution in [2.24, 2.45) is 10.3 Å². The quantitative estimate of drug-likeness (QED) is 0.625. The maximum absolute atomic E-state index is 11.7. The van der Waals surface area contributed by atoms with Crippen LogP contribution in [0.2, 0.25) is 0 Å². The zero-order valence-corrected chi connectivity index (χ0v) is 13.6. The van der Waals surface area contributed by atoms with Crippen LogP contribution in [0.4, 0.5) is 10.6 Å². The van der Waals surface area contributed by atoms with Gasteiger partial charge in [-0.25, -0.2) is 10.2 Å². The van der Waals surface area contributed by atoms with Crippen molar-refractivity contribution in [1.82, 2.24) is 10.6 Å². The van der Waals surface area contributed by atoms with Crippen LogP contribution in [0.5, 0.6) is 5.75 Å². The van der Waals surface area contributed by atoms with Crippen LogP contribution >= 0.6 is 0 Å². The molecule has 1 saturated carbocycles. The number of aryl methyl sites for hydroxylation is 1. The van der Waals surface area contributed by atoms with E-state index in [1.54, 1.807) is 0 Å². The lowest BCUT2D eigenvalue weighted by molar-refractivity contribution is 0.251. The molecule has 2 amide bonds. The van der Waals surface area contributed by atoms with Gasteiger partial charge < -0.3 is 9.26 Å². The van der Waals surface area contributed by atoms with Crippen molar-refractivity contribution >= 4 is 11.8 Å². The molecule has 1 aliphatic rings. The van der Waals surface area contributed by atoms with Crippen LogP contribution < -0.4 is 15.5 Å². The molecule has 0 saturated heterocycles. The Labute approximate surface area is 139 Å². The van der Waals surface area contributed by atoms with E-state index in [9.17, 15) is 4.79 Å². The summed E-state index contributed by atoms with van der Waals surface area (Å²) in [6, 6.07) is 7.22. The predicted octanol–water partition coefficient (Wildman–Crippen LogP) is 3.56. The third kappa shape index (κ3) is 3.70. The van der Waals surface area contributed by atoms with Gasteiger partial charge in [-0.1, -0.05) is 28.6 Å². The summed E-state index contributed by atoms with van der Waals surface area (Å²) in [4.78, 5) is 11.7. The Morgan fingerprint density at radius 1 is 1.42 bits per heavy atom. The Kier molecular flexibility index (Phi) is 4.74. The highest BCUT2D eigenvalue weighted by Crippen LogP contribution is 2.43. The second kappa shape index (κ2) is 7.12. The first-order valence-corrected chi connectivity index (χ1v) is 7.71. The van der Waals surface area contributed by atoms with Gasteiger partial charge in [-0.15, -0.1) is 0 Å². The molecule has 1 aliphatic carbocycles. The number of urea groups is 1. The zero-order chi connectivity index (χ0) is 16.9. The molecular weight excluding hydrogens is 310 g/mol. The molecule has 1 aromatic carbocycles. The number of carbonyl (C=O) groups excluding carboxylic acids is 1. The fourth-order valence-corrected chi connectivity index (χ4v) is 2.33. The van der Waals surface area contributed by atoms with Crippen LogP contribution in [-0.4, -0.2) is 18.2 Å². The summed E-state index contributed by atoms with van der Waals surface area (Å²) in [6.45, 7) is 2.25. The van der Waals surface area contributed by atoms with Crippen LogP contribution in [-0.2, 0) is 6.61 Å². The molecule has 0 aliphatic heterocycles. The predicted molar refractivity (Wildman–Crippen MR) is 86.9 cm³/mol. The number of nitrogens with one attached hydrogen (secondary N) is 2. The normalized spacial score (nSPS) is 13.9. The summed E-state index contributed by atoms with van der Waals surface area (Å²) >= 11 is 0. The van der Waals surface area contributed by atoms with Gasteiger partial charge in [-0.2, -0.15) is 5.11 Å². The molecule has 0 atom stereocenters. The second-order valence-corrected chi connectivity index (χ2v) is 5.57. The first-order chi connectivity index (χ1) is 11.7. The standard InChI is InChI=1S/C16H19N5O3/c1-10-5-3-4-6-13(10)23-9-12-14(11-7-8-11)24-20-15(12)18-16(22)19-21-17-2/h3-6,11H,7-9H2,1-2H3,(H2,17,18,19,20,22). The summed E-state index contributed by atoms with van der Waals surface area (Å²) in [5.74, 6) is 2.25. The van der Waals surface area contributed by atoms with Crippen molar-refractivity contribution < 1.29 is 14.1 Å². The van der Waals surface area contributed by atoms with Gasteiger partial charge in [0.2, 0.25) is 0 Å². The lowest BCUT2D eigenvalue weighted by atomic mass is 10.2. The molecule has 24 heavy (non-hydrogen) atoms. The smallest absolute Gasteiger partial charge is 0.342 e. The average molecular weight is 329 g/mol. The topological polar surface area (TPSA) is 101 Å². The lowest BCUT2D eigenvalue weighted by Crippen LogP contribution is -2.24. The van der Waals surface area contributed by atoms with Crippen molar-refractivity contribution in [2.75, 3.05) is 12.4 Å². The summed E-state index contributed by atoms with van der Waals surface area (Å²) < 4.78 is 11.3. The van der Waals surface area contributed by atoms with Gasteiger partial charge in [0.15, 0.2) is 5.82 Å². The largest absolute Gasteiger partial charge is 0.488 e. The monoisotopic (exact) mass is 329 g/mol. The van der Waals surface area contributed by atoms with E-state index in [1.165, 1.54) is 7.05 Å². The van der Waals surface area contributed by atoms with Crippen LogP contribution in [0.15, 0.2) is 39.1 Å². The Balaban J connectivity index is 1.75. The Bertz CT molecular complexity index is 752. The minimum atomic E-state index is -0.534. The number of nitrogens with zero attached hydrogens (tertiary/aromatic N) is 3. The lowest BCUT2D eigenvalue weighted by Gasteiger charge is -2.09. The van der Waals surface area contributed by atoms with Crippen molar-refractivity contribution in [1.29, 1.82) is 0 Å². The summed E-state index contributed by atoms with van der Waals surface area (Å²) in [5, 5.41) is 13.5. The second-order valence-electron chi connectivity index (χ2n) is 5.57. The molecule has 126 valence electrons. The number of carbonyl (C=O) groups is 1. The highest BCUT2D eigenvalue weighted by molar-refractivity contribution is 5.88. The number of hydrogen-bond donors (Lipinski definition) is 2. The Morgan fingerprint density at radius 2 is 2.21 bits per heavy atom. The summed E-state index contributed by atoms with van der Waals surface area (Å²) in [6.07, 6.45) is 2.12. The SMILES string of the molecule is CN=NNC(=O)Nc1noc(C2CC2)c1COc1ccccc1C. The van der Waals surface area contributed by atoms with Gasteiger partial charge in [-0.3, -0.25) is 5.32 Å². The zero-order valence-electron chi connectivity index (χ0n) is 13.6. The number of amides is 2. The van der Waals surface area contributed by atoms with Gasteiger partial charge in [0, 0.05) is 5.92 Å². The molecule has 3 rings (SSSR count). The maximum atomic E-state index is 11.7. The van der Waals surface area contributed by atoms with Gasteiger partial charge in [0.05, 0.1) is 12.6 Å². The highest BCUT2D eigenvalue weighted by atomic mass is 16.5. The number of benzene rings is 1. The number of aromatic nitrogens is 1. The van der Waals surface area contributed by atoms with E-state index in [4.69, 9.17) is 9.26 Å². The minimum absolute atomic E-state index is 0.269. The van der Waals surface area contributed by atoms with Gasteiger partial charge >= 0.3 is 6.03 Å². The van der Waals surface area contributed by atoms with Crippen molar-refractivity contribution in [3.8, 4) is 5.75 Å². The van der Waals surface area contributed by atoms with E-state index >= 15 is 0 Å². The molecule has 0 unspecified atom stereocenters. The number of rotatable bonds is 6. The molecule has 2 aromatic rings. The van der Waals surface area contributed by atoms with Gasteiger partial charge in [-0.05, 0) is 31.4 Å². The van der Waals surface area contributed by atoms with Crippen LogP contribution in [0.1, 0.15) is 35.6 Å². The number of para-hydroxylation sites is 1. The molecule has 0 radical (unpaired) electrons. The number of hydrogen-bond acceptors (Lipinski definition) is 6. The molecule has 0 spiro atoms. The molecule has 8 nitrogen and oxygen atoms in total. The fraction of sp³-hybridized carbons (Fsp3) is 0.375.